The Morgan fingerprint density at radius 3 is 1.80 bits per heavy atom. The Labute approximate surface area is 90.5 Å². The second kappa shape index (κ2) is 3.99. The zero-order chi connectivity index (χ0) is 10.3. The van der Waals surface area contributed by atoms with E-state index in [4.69, 9.17) is 9.47 Å². The van der Waals surface area contributed by atoms with E-state index in [0.717, 1.165) is 46.3 Å². The lowest BCUT2D eigenvalue weighted by molar-refractivity contribution is -0.0211. The zero-order valence-electron chi connectivity index (χ0n) is 9.26. The van der Waals surface area contributed by atoms with Gasteiger partial charge in [-0.15, -0.1) is 0 Å². The molecule has 0 N–H and O–H groups in total. The molecule has 0 aromatic rings. The zero-order valence-corrected chi connectivity index (χ0v) is 9.26. The molecule has 0 amide bonds. The molecular formula is C10H19N3O2. The van der Waals surface area contributed by atoms with E-state index < -0.39 is 0 Å². The van der Waals surface area contributed by atoms with E-state index in [0.29, 0.717) is 12.2 Å². The van der Waals surface area contributed by atoms with Crippen molar-refractivity contribution in [3.63, 3.8) is 0 Å². The van der Waals surface area contributed by atoms with Gasteiger partial charge in [-0.25, -0.2) is 0 Å². The van der Waals surface area contributed by atoms with Gasteiger partial charge in [0.1, 0.15) is 0 Å². The molecule has 0 bridgehead atoms. The molecule has 0 aromatic carbocycles. The molecule has 3 saturated heterocycles. The first kappa shape index (κ1) is 9.99. The average Bonchev–Trinajstić information content (AvgIpc) is 2.98. The fraction of sp³-hybridized carbons (Fsp3) is 1.00. The van der Waals surface area contributed by atoms with Crippen molar-refractivity contribution in [2.24, 2.45) is 0 Å². The van der Waals surface area contributed by atoms with Gasteiger partial charge < -0.3 is 9.47 Å². The standard InChI is InChI=1S/C10H19N3O2/c1-11-6-12(2-9-4-14-9)8-13(7-11)3-10-5-15-10/h9-10H,2-8H2,1H3. The third-order valence-electron chi connectivity index (χ3n) is 3.01. The minimum atomic E-state index is 0.496. The number of nitrogens with zero attached hydrogens (tertiary/aromatic N) is 3. The van der Waals surface area contributed by atoms with E-state index in [9.17, 15) is 0 Å². The summed E-state index contributed by atoms with van der Waals surface area (Å²) in [6.07, 6.45) is 0.992. The maximum Gasteiger partial charge on any atom is 0.0937 e. The normalized spacial score (nSPS) is 38.2. The molecule has 0 saturated carbocycles. The molecule has 3 heterocycles. The fourth-order valence-corrected chi connectivity index (χ4v) is 2.25. The molecule has 15 heavy (non-hydrogen) atoms. The van der Waals surface area contributed by atoms with E-state index >= 15 is 0 Å². The molecule has 86 valence electrons. The molecule has 0 aromatic heterocycles. The van der Waals surface area contributed by atoms with Crippen molar-refractivity contribution in [2.75, 3.05) is 53.4 Å². The van der Waals surface area contributed by atoms with Crippen molar-refractivity contribution < 1.29 is 9.47 Å². The van der Waals surface area contributed by atoms with Crippen molar-refractivity contribution in [3.05, 3.63) is 0 Å². The highest BCUT2D eigenvalue weighted by atomic mass is 16.6. The van der Waals surface area contributed by atoms with E-state index in [1.54, 1.807) is 0 Å². The molecule has 5 nitrogen and oxygen atoms in total. The van der Waals surface area contributed by atoms with Gasteiger partial charge in [0.15, 0.2) is 0 Å². The van der Waals surface area contributed by atoms with Crippen LogP contribution in [0.4, 0.5) is 0 Å². The average molecular weight is 213 g/mol. The second-order valence-electron chi connectivity index (χ2n) is 4.90. The molecule has 0 aliphatic carbocycles. The number of rotatable bonds is 4. The van der Waals surface area contributed by atoms with Crippen LogP contribution in [0.15, 0.2) is 0 Å². The number of epoxide rings is 2. The van der Waals surface area contributed by atoms with Gasteiger partial charge in [0.2, 0.25) is 0 Å². The minimum absolute atomic E-state index is 0.496. The molecule has 3 rings (SSSR count). The van der Waals surface area contributed by atoms with Crippen molar-refractivity contribution in [1.29, 1.82) is 0 Å². The minimum Gasteiger partial charge on any atom is -0.372 e. The summed E-state index contributed by atoms with van der Waals surface area (Å²) >= 11 is 0. The van der Waals surface area contributed by atoms with Gasteiger partial charge >= 0.3 is 0 Å². The van der Waals surface area contributed by atoms with E-state index in [2.05, 4.69) is 21.7 Å². The van der Waals surface area contributed by atoms with Crippen molar-refractivity contribution in [1.82, 2.24) is 14.7 Å². The molecule has 3 aliphatic rings. The topological polar surface area (TPSA) is 34.8 Å². The van der Waals surface area contributed by atoms with Crippen molar-refractivity contribution >= 4 is 0 Å². The third-order valence-corrected chi connectivity index (χ3v) is 3.01. The van der Waals surface area contributed by atoms with E-state index in [1.165, 1.54) is 0 Å². The first-order chi connectivity index (χ1) is 7.29. The largest absolute Gasteiger partial charge is 0.372 e. The first-order valence-corrected chi connectivity index (χ1v) is 5.66. The Kier molecular flexibility index (Phi) is 2.66. The van der Waals surface area contributed by atoms with Crippen LogP contribution in [0.3, 0.4) is 0 Å². The maximum atomic E-state index is 5.27. The Hall–Kier alpha value is -0.200. The Bertz CT molecular complexity index is 205. The van der Waals surface area contributed by atoms with Gasteiger partial charge in [-0.1, -0.05) is 0 Å². The SMILES string of the molecule is CN1CN(CC2CO2)CN(CC2CO2)C1. The van der Waals surface area contributed by atoms with Gasteiger partial charge in [-0.2, -0.15) is 0 Å². The molecule has 2 unspecified atom stereocenters. The van der Waals surface area contributed by atoms with Crippen LogP contribution >= 0.6 is 0 Å². The Morgan fingerprint density at radius 1 is 0.933 bits per heavy atom. The number of hydrogen-bond acceptors (Lipinski definition) is 5. The molecule has 5 heteroatoms. The smallest absolute Gasteiger partial charge is 0.0937 e. The predicted octanol–water partition coefficient (Wildman–Crippen LogP) is -0.794. The van der Waals surface area contributed by atoms with Crippen molar-refractivity contribution in [3.8, 4) is 0 Å². The van der Waals surface area contributed by atoms with Gasteiger partial charge in [0.25, 0.3) is 0 Å². The molecule has 3 aliphatic heterocycles. The van der Waals surface area contributed by atoms with Crippen LogP contribution in [0.5, 0.6) is 0 Å². The second-order valence-corrected chi connectivity index (χ2v) is 4.90. The van der Waals surface area contributed by atoms with Crippen LogP contribution in [0, 0.1) is 0 Å². The highest BCUT2D eigenvalue weighted by molar-refractivity contribution is 4.80. The van der Waals surface area contributed by atoms with Gasteiger partial charge in [0.05, 0.1) is 45.4 Å². The lowest BCUT2D eigenvalue weighted by Gasteiger charge is -2.40. The van der Waals surface area contributed by atoms with Crippen LogP contribution < -0.4 is 0 Å². The fourth-order valence-electron chi connectivity index (χ4n) is 2.25. The highest BCUT2D eigenvalue weighted by Crippen LogP contribution is 2.16. The monoisotopic (exact) mass is 213 g/mol. The molecule has 2 atom stereocenters. The summed E-state index contributed by atoms with van der Waals surface area (Å²) in [5, 5.41) is 0. The van der Waals surface area contributed by atoms with Crippen LogP contribution in [0.25, 0.3) is 0 Å². The lowest BCUT2D eigenvalue weighted by atomic mass is 10.4. The third kappa shape index (κ3) is 2.89. The van der Waals surface area contributed by atoms with Crippen LogP contribution in [-0.4, -0.2) is 80.3 Å². The molecular weight excluding hydrogens is 194 g/mol. The summed E-state index contributed by atoms with van der Waals surface area (Å²) in [6.45, 7) is 7.23. The van der Waals surface area contributed by atoms with Crippen molar-refractivity contribution in [2.45, 2.75) is 12.2 Å². The first-order valence-electron chi connectivity index (χ1n) is 5.66. The number of hydrogen-bond donors (Lipinski definition) is 0. The summed E-state index contributed by atoms with van der Waals surface area (Å²) < 4.78 is 10.5. The molecule has 0 spiro atoms. The summed E-state index contributed by atoms with van der Waals surface area (Å²) in [6, 6.07) is 0. The lowest BCUT2D eigenvalue weighted by Crippen LogP contribution is -2.55. The van der Waals surface area contributed by atoms with Gasteiger partial charge in [-0.05, 0) is 7.05 Å². The van der Waals surface area contributed by atoms with Gasteiger partial charge in [-0.3, -0.25) is 14.7 Å². The number of ether oxygens (including phenoxy) is 2. The van der Waals surface area contributed by atoms with Gasteiger partial charge in [0, 0.05) is 13.1 Å². The predicted molar refractivity (Wildman–Crippen MR) is 55.3 cm³/mol. The van der Waals surface area contributed by atoms with Crippen LogP contribution in [0.2, 0.25) is 0 Å². The summed E-state index contributed by atoms with van der Waals surface area (Å²) in [5.74, 6) is 0. The van der Waals surface area contributed by atoms with Crippen LogP contribution in [0.1, 0.15) is 0 Å². The van der Waals surface area contributed by atoms with E-state index in [-0.39, 0.29) is 0 Å². The summed E-state index contributed by atoms with van der Waals surface area (Å²) in [5.41, 5.74) is 0. The van der Waals surface area contributed by atoms with Crippen LogP contribution in [-0.2, 0) is 9.47 Å². The quantitative estimate of drug-likeness (QED) is 0.572. The summed E-state index contributed by atoms with van der Waals surface area (Å²) in [4.78, 5) is 7.24. The molecule has 0 radical (unpaired) electrons. The van der Waals surface area contributed by atoms with E-state index in [1.807, 2.05) is 0 Å². The Balaban J connectivity index is 1.49. The summed E-state index contributed by atoms with van der Waals surface area (Å²) in [7, 11) is 2.17. The highest BCUT2D eigenvalue weighted by Gasteiger charge is 2.32. The Morgan fingerprint density at radius 2 is 1.40 bits per heavy atom. The maximum absolute atomic E-state index is 5.27. The molecule has 3 fully saturated rings.